The highest BCUT2D eigenvalue weighted by Crippen LogP contribution is 2.34. The molecule has 0 atom stereocenters. The van der Waals surface area contributed by atoms with Crippen LogP contribution in [0.15, 0.2) is 0 Å². The highest BCUT2D eigenvalue weighted by Gasteiger charge is 2.51. The smallest absolute Gasteiger partial charge is 0.323 e. The highest BCUT2D eigenvalue weighted by molar-refractivity contribution is 6.07. The lowest BCUT2D eigenvalue weighted by molar-refractivity contribution is -0.133. The molecule has 1 heterocycles. The van der Waals surface area contributed by atoms with E-state index in [0.717, 1.165) is 25.7 Å². The molecule has 1 aliphatic heterocycles. The van der Waals surface area contributed by atoms with Gasteiger partial charge in [-0.15, -0.1) is 0 Å². The second kappa shape index (κ2) is 3.51. The SMILES string of the molecule is CC(C)N1C(=O)NC2(CCCCC2)C1=O. The van der Waals surface area contributed by atoms with Gasteiger partial charge in [-0.05, 0) is 26.7 Å². The molecule has 3 amide bonds. The second-order valence-corrected chi connectivity index (χ2v) is 4.84. The zero-order chi connectivity index (χ0) is 11.1. The lowest BCUT2D eigenvalue weighted by Crippen LogP contribution is -2.48. The minimum Gasteiger partial charge on any atom is -0.323 e. The van der Waals surface area contributed by atoms with Gasteiger partial charge in [0, 0.05) is 6.04 Å². The van der Waals surface area contributed by atoms with Crippen molar-refractivity contribution in [2.24, 2.45) is 0 Å². The summed E-state index contributed by atoms with van der Waals surface area (Å²) in [6, 6.07) is -0.254. The number of hydrogen-bond donors (Lipinski definition) is 1. The number of imide groups is 1. The van der Waals surface area contributed by atoms with Crippen molar-refractivity contribution in [3.63, 3.8) is 0 Å². The van der Waals surface area contributed by atoms with E-state index in [2.05, 4.69) is 5.32 Å². The molecule has 4 nitrogen and oxygen atoms in total. The predicted molar refractivity (Wildman–Crippen MR) is 56.3 cm³/mol. The highest BCUT2D eigenvalue weighted by atomic mass is 16.2. The molecule has 2 aliphatic rings. The molecule has 0 aromatic carbocycles. The van der Waals surface area contributed by atoms with Gasteiger partial charge in [-0.3, -0.25) is 9.69 Å². The van der Waals surface area contributed by atoms with Crippen LogP contribution in [0.2, 0.25) is 0 Å². The Morgan fingerprint density at radius 3 is 2.27 bits per heavy atom. The van der Waals surface area contributed by atoms with Gasteiger partial charge in [0.05, 0.1) is 0 Å². The minimum absolute atomic E-state index is 0.0119. The molecular weight excluding hydrogens is 192 g/mol. The summed E-state index contributed by atoms with van der Waals surface area (Å²) < 4.78 is 0. The van der Waals surface area contributed by atoms with E-state index in [1.54, 1.807) is 0 Å². The third-order valence-electron chi connectivity index (χ3n) is 3.42. The van der Waals surface area contributed by atoms with Crippen LogP contribution in [0, 0.1) is 0 Å². The average Bonchev–Trinajstić information content (AvgIpc) is 2.40. The molecule has 0 aromatic rings. The lowest BCUT2D eigenvalue weighted by atomic mass is 9.81. The fourth-order valence-electron chi connectivity index (χ4n) is 2.60. The first-order chi connectivity index (χ1) is 7.07. The third kappa shape index (κ3) is 1.52. The monoisotopic (exact) mass is 210 g/mol. The number of rotatable bonds is 1. The van der Waals surface area contributed by atoms with Crippen molar-refractivity contribution in [2.75, 3.05) is 0 Å². The number of nitrogens with zero attached hydrogens (tertiary/aromatic N) is 1. The second-order valence-electron chi connectivity index (χ2n) is 4.84. The van der Waals surface area contributed by atoms with E-state index in [9.17, 15) is 9.59 Å². The topological polar surface area (TPSA) is 49.4 Å². The molecule has 0 bridgehead atoms. The molecule has 0 aromatic heterocycles. The first-order valence-electron chi connectivity index (χ1n) is 5.73. The molecule has 0 unspecified atom stereocenters. The Balaban J connectivity index is 2.23. The Bertz CT molecular complexity index is 293. The van der Waals surface area contributed by atoms with Gasteiger partial charge in [0.2, 0.25) is 0 Å². The summed E-state index contributed by atoms with van der Waals surface area (Å²) in [6.07, 6.45) is 4.87. The van der Waals surface area contributed by atoms with E-state index in [0.29, 0.717) is 0 Å². The van der Waals surface area contributed by atoms with Crippen LogP contribution in [0.25, 0.3) is 0 Å². The summed E-state index contributed by atoms with van der Waals surface area (Å²) in [4.78, 5) is 25.2. The van der Waals surface area contributed by atoms with Crippen molar-refractivity contribution >= 4 is 11.9 Å². The molecule has 2 rings (SSSR count). The number of carbonyl (C=O) groups is 2. The molecule has 4 heteroatoms. The summed E-state index contributed by atoms with van der Waals surface area (Å²) >= 11 is 0. The van der Waals surface area contributed by atoms with E-state index < -0.39 is 5.54 Å². The molecule has 15 heavy (non-hydrogen) atoms. The van der Waals surface area contributed by atoms with E-state index in [-0.39, 0.29) is 18.0 Å². The molecule has 84 valence electrons. The van der Waals surface area contributed by atoms with Crippen molar-refractivity contribution in [3.05, 3.63) is 0 Å². The number of nitrogens with one attached hydrogen (secondary N) is 1. The molecule has 1 saturated carbocycles. The molecule has 2 fully saturated rings. The maximum Gasteiger partial charge on any atom is 0.325 e. The van der Waals surface area contributed by atoms with Crippen LogP contribution >= 0.6 is 0 Å². The molecule has 1 N–H and O–H groups in total. The summed E-state index contributed by atoms with van der Waals surface area (Å²) in [6.45, 7) is 3.75. The van der Waals surface area contributed by atoms with Crippen molar-refractivity contribution in [2.45, 2.75) is 57.5 Å². The molecule has 1 aliphatic carbocycles. The summed E-state index contributed by atoms with van der Waals surface area (Å²) in [5, 5.41) is 2.89. The van der Waals surface area contributed by atoms with Gasteiger partial charge >= 0.3 is 6.03 Å². The Labute approximate surface area is 90.0 Å². The standard InChI is InChI=1S/C11H18N2O2/c1-8(2)13-9(14)11(12-10(13)15)6-4-3-5-7-11/h8H,3-7H2,1-2H3,(H,12,15). The van der Waals surface area contributed by atoms with Crippen LogP contribution in [0.4, 0.5) is 4.79 Å². The Morgan fingerprint density at radius 1 is 1.20 bits per heavy atom. The van der Waals surface area contributed by atoms with E-state index >= 15 is 0 Å². The van der Waals surface area contributed by atoms with Crippen molar-refractivity contribution < 1.29 is 9.59 Å². The minimum atomic E-state index is -0.556. The lowest BCUT2D eigenvalue weighted by Gasteiger charge is -2.30. The Morgan fingerprint density at radius 2 is 1.80 bits per heavy atom. The maximum absolute atomic E-state index is 12.2. The quantitative estimate of drug-likeness (QED) is 0.669. The van der Waals surface area contributed by atoms with Gasteiger partial charge in [-0.1, -0.05) is 19.3 Å². The molecule has 1 spiro atoms. The first-order valence-corrected chi connectivity index (χ1v) is 5.73. The fourth-order valence-corrected chi connectivity index (χ4v) is 2.60. The van der Waals surface area contributed by atoms with Crippen LogP contribution in [0.5, 0.6) is 0 Å². The van der Waals surface area contributed by atoms with Gasteiger partial charge in [0.25, 0.3) is 5.91 Å². The summed E-state index contributed by atoms with van der Waals surface area (Å²) in [5.74, 6) is -0.0119. The van der Waals surface area contributed by atoms with Crippen LogP contribution in [0.3, 0.4) is 0 Å². The fraction of sp³-hybridized carbons (Fsp3) is 0.818. The summed E-state index contributed by atoms with van der Waals surface area (Å²) in [7, 11) is 0. The van der Waals surface area contributed by atoms with Gasteiger partial charge in [-0.25, -0.2) is 4.79 Å². The first kappa shape index (κ1) is 10.5. The van der Waals surface area contributed by atoms with Gasteiger partial charge in [0.15, 0.2) is 0 Å². The number of urea groups is 1. The molecule has 1 saturated heterocycles. The van der Waals surface area contributed by atoms with Crippen molar-refractivity contribution in [3.8, 4) is 0 Å². The number of hydrogen-bond acceptors (Lipinski definition) is 2. The number of amides is 3. The van der Waals surface area contributed by atoms with Crippen molar-refractivity contribution in [1.29, 1.82) is 0 Å². The van der Waals surface area contributed by atoms with Gasteiger partial charge < -0.3 is 5.32 Å². The zero-order valence-electron chi connectivity index (χ0n) is 9.38. The maximum atomic E-state index is 12.2. The van der Waals surface area contributed by atoms with Gasteiger partial charge in [-0.2, -0.15) is 0 Å². The normalized spacial score (nSPS) is 25.1. The predicted octanol–water partition coefficient (Wildman–Crippen LogP) is 1.65. The average molecular weight is 210 g/mol. The largest absolute Gasteiger partial charge is 0.325 e. The molecule has 0 radical (unpaired) electrons. The molecular formula is C11H18N2O2. The Hall–Kier alpha value is -1.06. The number of carbonyl (C=O) groups excluding carboxylic acids is 2. The van der Waals surface area contributed by atoms with Crippen LogP contribution < -0.4 is 5.32 Å². The zero-order valence-corrected chi connectivity index (χ0v) is 9.38. The van der Waals surface area contributed by atoms with E-state index in [4.69, 9.17) is 0 Å². The van der Waals surface area contributed by atoms with E-state index in [1.165, 1.54) is 11.3 Å². The van der Waals surface area contributed by atoms with Crippen LogP contribution in [-0.4, -0.2) is 28.4 Å². The third-order valence-corrected chi connectivity index (χ3v) is 3.42. The van der Waals surface area contributed by atoms with E-state index in [1.807, 2.05) is 13.8 Å². The van der Waals surface area contributed by atoms with Crippen LogP contribution in [-0.2, 0) is 4.79 Å². The summed E-state index contributed by atoms with van der Waals surface area (Å²) in [5.41, 5.74) is -0.556. The van der Waals surface area contributed by atoms with Crippen LogP contribution in [0.1, 0.15) is 46.0 Å². The van der Waals surface area contributed by atoms with Crippen molar-refractivity contribution in [1.82, 2.24) is 10.2 Å². The Kier molecular flexibility index (Phi) is 2.44. The van der Waals surface area contributed by atoms with Gasteiger partial charge in [0.1, 0.15) is 5.54 Å².